The minimum atomic E-state index is -0.233. The summed E-state index contributed by atoms with van der Waals surface area (Å²) in [7, 11) is 6.64. The Hall–Kier alpha value is -0.900. The van der Waals surface area contributed by atoms with Crippen LogP contribution >= 0.6 is 0 Å². The van der Waals surface area contributed by atoms with E-state index in [1.54, 1.807) is 0 Å². The van der Waals surface area contributed by atoms with Gasteiger partial charge in [0.25, 0.3) is 0 Å². The van der Waals surface area contributed by atoms with Crippen molar-refractivity contribution in [2.45, 2.75) is 43.8 Å². The summed E-state index contributed by atoms with van der Waals surface area (Å²) in [5.74, 6) is 0.587. The molecule has 1 aromatic carbocycles. The second-order valence-corrected chi connectivity index (χ2v) is 8.31. The molecule has 23 heavy (non-hydrogen) atoms. The topological polar surface area (TPSA) is 18.5 Å². The van der Waals surface area contributed by atoms with E-state index in [0.29, 0.717) is 19.1 Å². The first-order chi connectivity index (χ1) is 11.0. The Morgan fingerprint density at radius 3 is 2.30 bits per heavy atom. The zero-order chi connectivity index (χ0) is 16.3. The molecule has 1 heterocycles. The zero-order valence-electron chi connectivity index (χ0n) is 15.0. The smallest absolute Gasteiger partial charge is 0.130 e. The highest BCUT2D eigenvalue weighted by Crippen LogP contribution is 2.44. The molecular weight excluding hydrogens is 286 g/mol. The lowest BCUT2D eigenvalue weighted by Crippen LogP contribution is -2.54. The lowest BCUT2D eigenvalue weighted by molar-refractivity contribution is -0.874. The number of likely N-dealkylation sites (N-methyl/N-ethyl adjacent to an activating group) is 1. The summed E-state index contributed by atoms with van der Waals surface area (Å²) < 4.78 is 13.9. The van der Waals surface area contributed by atoms with Crippen LogP contribution < -0.4 is 0 Å². The van der Waals surface area contributed by atoms with Crippen molar-refractivity contribution in [3.05, 3.63) is 35.9 Å². The summed E-state index contributed by atoms with van der Waals surface area (Å²) in [5.41, 5.74) is 1.07. The normalized spacial score (nSPS) is 30.3. The van der Waals surface area contributed by atoms with E-state index in [1.165, 1.54) is 37.7 Å². The standard InChI is InChI=1S/C20H32NO2/c1-21(2,3)14-19-15-23-20(16-22-19,17-10-6-4-7-11-17)18-12-8-5-9-13-18/h4,6-7,10-11,18-19H,5,8-9,12-16H2,1-3H3/q+1/t19-,20-/m1/s1. The van der Waals surface area contributed by atoms with Crippen molar-refractivity contribution in [2.24, 2.45) is 5.92 Å². The molecule has 0 amide bonds. The molecule has 1 saturated heterocycles. The van der Waals surface area contributed by atoms with Gasteiger partial charge in [0.2, 0.25) is 0 Å². The van der Waals surface area contributed by atoms with Gasteiger partial charge in [0.05, 0.1) is 34.4 Å². The van der Waals surface area contributed by atoms with Crippen molar-refractivity contribution in [1.29, 1.82) is 0 Å². The van der Waals surface area contributed by atoms with Crippen LogP contribution in [0.4, 0.5) is 0 Å². The Labute approximate surface area is 141 Å². The van der Waals surface area contributed by atoms with Crippen molar-refractivity contribution in [2.75, 3.05) is 40.9 Å². The predicted molar refractivity (Wildman–Crippen MR) is 93.3 cm³/mol. The third kappa shape index (κ3) is 3.96. The number of nitrogens with zero attached hydrogens (tertiary/aromatic N) is 1. The molecule has 0 unspecified atom stereocenters. The SMILES string of the molecule is C[N+](C)(C)C[C@@H]1CO[C@](c2ccccc2)(C2CCCCC2)CO1. The van der Waals surface area contributed by atoms with Crippen LogP contribution in [0, 0.1) is 5.92 Å². The first-order valence-corrected chi connectivity index (χ1v) is 9.11. The number of hydrogen-bond donors (Lipinski definition) is 0. The maximum atomic E-state index is 6.61. The molecular formula is C20H32NO2+. The molecule has 0 aromatic heterocycles. The van der Waals surface area contributed by atoms with Gasteiger partial charge in [-0.1, -0.05) is 49.6 Å². The van der Waals surface area contributed by atoms with Gasteiger partial charge in [-0.05, 0) is 24.3 Å². The Morgan fingerprint density at radius 2 is 1.74 bits per heavy atom. The average Bonchev–Trinajstić information content (AvgIpc) is 2.56. The fraction of sp³-hybridized carbons (Fsp3) is 0.700. The van der Waals surface area contributed by atoms with E-state index < -0.39 is 0 Å². The molecule has 1 aliphatic heterocycles. The summed E-state index contributed by atoms with van der Waals surface area (Å²) in [6.07, 6.45) is 6.74. The third-order valence-corrected chi connectivity index (χ3v) is 5.34. The van der Waals surface area contributed by atoms with Gasteiger partial charge in [-0.3, -0.25) is 0 Å². The predicted octanol–water partition coefficient (Wildman–Crippen LogP) is 3.58. The highest BCUT2D eigenvalue weighted by atomic mass is 16.6. The Morgan fingerprint density at radius 1 is 1.04 bits per heavy atom. The van der Waals surface area contributed by atoms with Crippen LogP contribution in [-0.4, -0.2) is 51.5 Å². The number of benzene rings is 1. The third-order valence-electron chi connectivity index (χ3n) is 5.34. The summed E-state index contributed by atoms with van der Waals surface area (Å²) in [4.78, 5) is 0. The summed E-state index contributed by atoms with van der Waals surface area (Å²) in [6.45, 7) is 2.41. The molecule has 128 valence electrons. The largest absolute Gasteiger partial charge is 0.367 e. The van der Waals surface area contributed by atoms with Gasteiger partial charge in [0, 0.05) is 0 Å². The lowest BCUT2D eigenvalue weighted by atomic mass is 9.73. The molecule has 3 heteroatoms. The molecule has 2 aliphatic rings. The first kappa shape index (κ1) is 16.9. The van der Waals surface area contributed by atoms with E-state index in [0.717, 1.165) is 11.0 Å². The van der Waals surface area contributed by atoms with Crippen LogP contribution in [-0.2, 0) is 15.1 Å². The van der Waals surface area contributed by atoms with Gasteiger partial charge in [0.1, 0.15) is 18.2 Å². The molecule has 1 saturated carbocycles. The first-order valence-electron chi connectivity index (χ1n) is 9.11. The minimum Gasteiger partial charge on any atom is -0.367 e. The Bertz CT molecular complexity index is 480. The van der Waals surface area contributed by atoms with E-state index in [-0.39, 0.29) is 11.7 Å². The van der Waals surface area contributed by atoms with E-state index in [1.807, 2.05) is 0 Å². The molecule has 0 spiro atoms. The van der Waals surface area contributed by atoms with Crippen LogP contribution in [0.15, 0.2) is 30.3 Å². The van der Waals surface area contributed by atoms with Gasteiger partial charge in [-0.15, -0.1) is 0 Å². The number of quaternary nitrogens is 1. The fourth-order valence-corrected chi connectivity index (χ4v) is 4.22. The maximum Gasteiger partial charge on any atom is 0.130 e. The highest BCUT2D eigenvalue weighted by Gasteiger charge is 2.46. The van der Waals surface area contributed by atoms with E-state index in [9.17, 15) is 0 Å². The van der Waals surface area contributed by atoms with Crippen LogP contribution in [0.3, 0.4) is 0 Å². The van der Waals surface area contributed by atoms with Gasteiger partial charge in [0.15, 0.2) is 0 Å². The quantitative estimate of drug-likeness (QED) is 0.790. The van der Waals surface area contributed by atoms with Crippen molar-refractivity contribution < 1.29 is 14.0 Å². The van der Waals surface area contributed by atoms with Gasteiger partial charge < -0.3 is 14.0 Å². The maximum absolute atomic E-state index is 6.61. The van der Waals surface area contributed by atoms with Crippen LogP contribution in [0.25, 0.3) is 0 Å². The van der Waals surface area contributed by atoms with Gasteiger partial charge in [-0.25, -0.2) is 0 Å². The molecule has 3 rings (SSSR count). The Kier molecular flexibility index (Phi) is 5.10. The zero-order valence-corrected chi connectivity index (χ0v) is 15.0. The van der Waals surface area contributed by atoms with E-state index in [2.05, 4.69) is 51.5 Å². The van der Waals surface area contributed by atoms with E-state index in [4.69, 9.17) is 9.47 Å². The summed E-state index contributed by atoms with van der Waals surface area (Å²) in [6, 6.07) is 10.8. The molecule has 2 fully saturated rings. The minimum absolute atomic E-state index is 0.204. The van der Waals surface area contributed by atoms with Crippen molar-refractivity contribution in [1.82, 2.24) is 0 Å². The molecule has 0 bridgehead atoms. The molecule has 3 nitrogen and oxygen atoms in total. The molecule has 1 aromatic rings. The fourth-order valence-electron chi connectivity index (χ4n) is 4.22. The van der Waals surface area contributed by atoms with E-state index >= 15 is 0 Å². The molecule has 0 N–H and O–H groups in total. The average molecular weight is 318 g/mol. The number of hydrogen-bond acceptors (Lipinski definition) is 2. The highest BCUT2D eigenvalue weighted by molar-refractivity contribution is 5.25. The van der Waals surface area contributed by atoms with Gasteiger partial charge in [-0.2, -0.15) is 0 Å². The van der Waals surface area contributed by atoms with Crippen molar-refractivity contribution >= 4 is 0 Å². The number of ether oxygens (including phenoxy) is 2. The second-order valence-electron chi connectivity index (χ2n) is 8.31. The van der Waals surface area contributed by atoms with Crippen molar-refractivity contribution in [3.8, 4) is 0 Å². The van der Waals surface area contributed by atoms with Gasteiger partial charge >= 0.3 is 0 Å². The summed E-state index contributed by atoms with van der Waals surface area (Å²) >= 11 is 0. The second kappa shape index (κ2) is 6.92. The van der Waals surface area contributed by atoms with Crippen LogP contribution in [0.1, 0.15) is 37.7 Å². The van der Waals surface area contributed by atoms with Crippen LogP contribution in [0.5, 0.6) is 0 Å². The summed E-state index contributed by atoms with van der Waals surface area (Å²) in [5, 5.41) is 0. The number of rotatable bonds is 4. The van der Waals surface area contributed by atoms with Crippen LogP contribution in [0.2, 0.25) is 0 Å². The lowest BCUT2D eigenvalue weighted by Gasteiger charge is -2.47. The van der Waals surface area contributed by atoms with Crippen molar-refractivity contribution in [3.63, 3.8) is 0 Å². The molecule has 2 atom stereocenters. The molecule has 0 radical (unpaired) electrons. The molecule has 1 aliphatic carbocycles. The Balaban J connectivity index is 1.78. The monoisotopic (exact) mass is 318 g/mol.